The highest BCUT2D eigenvalue weighted by Gasteiger charge is 2.47. The van der Waals surface area contributed by atoms with Crippen LogP contribution in [0.1, 0.15) is 26.2 Å². The number of hydrogen-bond donors (Lipinski definition) is 3. The monoisotopic (exact) mass is 302 g/mol. The van der Waals surface area contributed by atoms with Crippen LogP contribution in [-0.4, -0.2) is 53.9 Å². The molecule has 1 aliphatic heterocycles. The Bertz CT molecular complexity index is 393. The molecule has 1 saturated heterocycles. The van der Waals surface area contributed by atoms with Crippen molar-refractivity contribution in [3.63, 3.8) is 0 Å². The van der Waals surface area contributed by atoms with Crippen LogP contribution in [0.15, 0.2) is 0 Å². The molecule has 4 atom stereocenters. The topological polar surface area (TPSA) is 87.7 Å². The Hall–Kier alpha value is -0.950. The van der Waals surface area contributed by atoms with Crippen LogP contribution in [0.3, 0.4) is 0 Å². The molecule has 114 valence electrons. The average molecular weight is 302 g/mol. The molecule has 4 unspecified atom stereocenters. The number of aliphatic carboxylic acids is 1. The predicted octanol–water partition coefficient (Wildman–Crippen LogP) is 1.06. The van der Waals surface area contributed by atoms with Gasteiger partial charge in [0.25, 0.3) is 0 Å². The van der Waals surface area contributed by atoms with E-state index in [0.29, 0.717) is 5.25 Å². The zero-order valence-corrected chi connectivity index (χ0v) is 12.7. The molecule has 7 heteroatoms. The maximum atomic E-state index is 12.0. The number of ether oxygens (including phenoxy) is 1. The van der Waals surface area contributed by atoms with E-state index in [1.807, 2.05) is 11.8 Å². The SMILES string of the molecule is CSC1CCC(NC(=O)NC2COCC2(C)C(=O)O)C1. The summed E-state index contributed by atoms with van der Waals surface area (Å²) in [5, 5.41) is 15.5. The van der Waals surface area contributed by atoms with E-state index in [1.54, 1.807) is 6.92 Å². The van der Waals surface area contributed by atoms with Crippen molar-refractivity contribution in [2.45, 2.75) is 43.5 Å². The van der Waals surface area contributed by atoms with Crippen LogP contribution in [0.2, 0.25) is 0 Å². The Morgan fingerprint density at radius 3 is 2.70 bits per heavy atom. The van der Waals surface area contributed by atoms with Gasteiger partial charge in [0.1, 0.15) is 5.41 Å². The summed E-state index contributed by atoms with van der Waals surface area (Å²) in [6.07, 6.45) is 5.16. The molecule has 0 aromatic heterocycles. The summed E-state index contributed by atoms with van der Waals surface area (Å²) in [4.78, 5) is 23.3. The zero-order chi connectivity index (χ0) is 14.8. The molecule has 1 saturated carbocycles. The molecule has 1 heterocycles. The van der Waals surface area contributed by atoms with Crippen molar-refractivity contribution >= 4 is 23.8 Å². The number of rotatable bonds is 4. The molecule has 2 amide bonds. The number of thioether (sulfide) groups is 1. The van der Waals surface area contributed by atoms with Gasteiger partial charge in [0, 0.05) is 11.3 Å². The number of amides is 2. The first-order chi connectivity index (χ1) is 9.45. The van der Waals surface area contributed by atoms with Gasteiger partial charge in [0.15, 0.2) is 0 Å². The lowest BCUT2D eigenvalue weighted by molar-refractivity contribution is -0.148. The maximum absolute atomic E-state index is 12.0. The molecule has 1 aliphatic carbocycles. The Morgan fingerprint density at radius 1 is 1.35 bits per heavy atom. The fraction of sp³-hybridized carbons (Fsp3) is 0.846. The van der Waals surface area contributed by atoms with Gasteiger partial charge in [-0.1, -0.05) is 0 Å². The highest BCUT2D eigenvalue weighted by Crippen LogP contribution is 2.30. The van der Waals surface area contributed by atoms with Crippen LogP contribution >= 0.6 is 11.8 Å². The lowest BCUT2D eigenvalue weighted by atomic mass is 9.85. The third-order valence-corrected chi connectivity index (χ3v) is 5.40. The fourth-order valence-electron chi connectivity index (χ4n) is 2.76. The van der Waals surface area contributed by atoms with Crippen LogP contribution in [0.4, 0.5) is 4.79 Å². The molecule has 3 N–H and O–H groups in total. The minimum absolute atomic E-state index is 0.130. The lowest BCUT2D eigenvalue weighted by Crippen LogP contribution is -2.53. The van der Waals surface area contributed by atoms with Gasteiger partial charge in [-0.15, -0.1) is 0 Å². The van der Waals surface area contributed by atoms with Crippen molar-refractivity contribution in [3.8, 4) is 0 Å². The summed E-state index contributed by atoms with van der Waals surface area (Å²) in [5.41, 5.74) is -1.05. The van der Waals surface area contributed by atoms with Crippen LogP contribution in [0.25, 0.3) is 0 Å². The molecule has 0 spiro atoms. The van der Waals surface area contributed by atoms with Gasteiger partial charge >= 0.3 is 12.0 Å². The van der Waals surface area contributed by atoms with Gasteiger partial charge in [0.05, 0.1) is 19.3 Å². The van der Waals surface area contributed by atoms with Crippen LogP contribution in [0.5, 0.6) is 0 Å². The van der Waals surface area contributed by atoms with Gasteiger partial charge in [-0.05, 0) is 32.4 Å². The molecule has 0 aromatic carbocycles. The number of carboxylic acids is 1. The second-order valence-electron chi connectivity index (χ2n) is 5.78. The van der Waals surface area contributed by atoms with Gasteiger partial charge in [-0.3, -0.25) is 4.79 Å². The first-order valence-electron chi connectivity index (χ1n) is 6.86. The predicted molar refractivity (Wildman–Crippen MR) is 77.0 cm³/mol. The molecule has 0 aromatic rings. The Morgan fingerprint density at radius 2 is 2.10 bits per heavy atom. The highest BCUT2D eigenvalue weighted by molar-refractivity contribution is 7.99. The number of carboxylic acid groups (broad SMARTS) is 1. The average Bonchev–Trinajstić information content (AvgIpc) is 2.98. The normalized spacial score (nSPS) is 36.8. The van der Waals surface area contributed by atoms with E-state index < -0.39 is 17.4 Å². The van der Waals surface area contributed by atoms with E-state index >= 15 is 0 Å². The van der Waals surface area contributed by atoms with Crippen molar-refractivity contribution in [2.75, 3.05) is 19.5 Å². The molecule has 0 radical (unpaired) electrons. The lowest BCUT2D eigenvalue weighted by Gasteiger charge is -2.26. The van der Waals surface area contributed by atoms with E-state index in [0.717, 1.165) is 19.3 Å². The van der Waals surface area contributed by atoms with Crippen molar-refractivity contribution in [3.05, 3.63) is 0 Å². The van der Waals surface area contributed by atoms with Crippen molar-refractivity contribution in [2.24, 2.45) is 5.41 Å². The third kappa shape index (κ3) is 3.20. The second-order valence-corrected chi connectivity index (χ2v) is 6.91. The standard InChI is InChI=1S/C13H22N2O4S/c1-13(11(16)17)7-19-6-10(13)15-12(18)14-8-3-4-9(5-8)20-2/h8-10H,3-7H2,1-2H3,(H,16,17)(H2,14,15,18). The Balaban J connectivity index is 1.84. The smallest absolute Gasteiger partial charge is 0.315 e. The molecule has 2 fully saturated rings. The molecular weight excluding hydrogens is 280 g/mol. The first kappa shape index (κ1) is 15.4. The number of hydrogen-bond acceptors (Lipinski definition) is 4. The number of carbonyl (C=O) groups is 2. The molecule has 6 nitrogen and oxygen atoms in total. The Kier molecular flexibility index (Phi) is 4.80. The molecular formula is C13H22N2O4S. The summed E-state index contributed by atoms with van der Waals surface area (Å²) in [6.45, 7) is 1.98. The van der Waals surface area contributed by atoms with Crippen molar-refractivity contribution in [1.29, 1.82) is 0 Å². The molecule has 0 bridgehead atoms. The van der Waals surface area contributed by atoms with E-state index in [2.05, 4.69) is 16.9 Å². The number of urea groups is 1. The quantitative estimate of drug-likeness (QED) is 0.723. The highest BCUT2D eigenvalue weighted by atomic mass is 32.2. The number of carbonyl (C=O) groups excluding carboxylic acids is 1. The van der Waals surface area contributed by atoms with Gasteiger partial charge in [-0.25, -0.2) is 4.79 Å². The summed E-state index contributed by atoms with van der Waals surface area (Å²) in [6, 6.07) is -0.594. The van der Waals surface area contributed by atoms with Gasteiger partial charge < -0.3 is 20.5 Å². The fourth-order valence-corrected chi connectivity index (χ4v) is 3.55. The van der Waals surface area contributed by atoms with Crippen molar-refractivity contribution in [1.82, 2.24) is 10.6 Å². The largest absolute Gasteiger partial charge is 0.481 e. The van der Waals surface area contributed by atoms with Crippen LogP contribution in [0, 0.1) is 5.41 Å². The summed E-state index contributed by atoms with van der Waals surface area (Å²) < 4.78 is 5.21. The summed E-state index contributed by atoms with van der Waals surface area (Å²) in [5.74, 6) is -0.941. The second kappa shape index (κ2) is 6.22. The van der Waals surface area contributed by atoms with E-state index in [9.17, 15) is 14.7 Å². The van der Waals surface area contributed by atoms with E-state index in [4.69, 9.17) is 4.74 Å². The van der Waals surface area contributed by atoms with Crippen LogP contribution in [-0.2, 0) is 9.53 Å². The van der Waals surface area contributed by atoms with Crippen molar-refractivity contribution < 1.29 is 19.4 Å². The third-order valence-electron chi connectivity index (χ3n) is 4.30. The summed E-state index contributed by atoms with van der Waals surface area (Å²) in [7, 11) is 0. The molecule has 20 heavy (non-hydrogen) atoms. The van der Waals surface area contributed by atoms with Crippen LogP contribution < -0.4 is 10.6 Å². The molecule has 2 aliphatic rings. The minimum atomic E-state index is -1.05. The first-order valence-corrected chi connectivity index (χ1v) is 8.15. The van der Waals surface area contributed by atoms with E-state index in [-0.39, 0.29) is 25.3 Å². The van der Waals surface area contributed by atoms with Gasteiger partial charge in [-0.2, -0.15) is 11.8 Å². The van der Waals surface area contributed by atoms with E-state index in [1.165, 1.54) is 0 Å². The number of nitrogens with one attached hydrogen (secondary N) is 2. The zero-order valence-electron chi connectivity index (χ0n) is 11.8. The minimum Gasteiger partial charge on any atom is -0.481 e. The van der Waals surface area contributed by atoms with Gasteiger partial charge in [0.2, 0.25) is 0 Å². The Labute approximate surface area is 123 Å². The summed E-state index contributed by atoms with van der Waals surface area (Å²) >= 11 is 1.83. The maximum Gasteiger partial charge on any atom is 0.315 e. The molecule has 2 rings (SSSR count).